The van der Waals surface area contributed by atoms with Gasteiger partial charge in [-0.2, -0.15) is 0 Å². The molecule has 15 heteroatoms. The first kappa shape index (κ1) is 25.0. The van der Waals surface area contributed by atoms with Gasteiger partial charge in [-0.05, 0) is 12.1 Å². The van der Waals surface area contributed by atoms with Gasteiger partial charge in [0.05, 0.1) is 6.20 Å². The maximum Gasteiger partial charge on any atom is 0.352 e. The fourth-order valence-electron chi connectivity index (χ4n) is 4.37. The molecule has 0 unspecified atom stereocenters. The normalized spacial score (nSPS) is 19.6. The highest BCUT2D eigenvalue weighted by Crippen LogP contribution is 2.40. The Bertz CT molecular complexity index is 1510. The first-order chi connectivity index (χ1) is 17.7. The Kier molecular flexibility index (Phi) is 6.56. The Morgan fingerprint density at radius 1 is 1.43 bits per heavy atom. The van der Waals surface area contributed by atoms with Crippen molar-refractivity contribution in [2.45, 2.75) is 24.9 Å². The van der Waals surface area contributed by atoms with Gasteiger partial charge in [-0.1, -0.05) is 34.2 Å². The van der Waals surface area contributed by atoms with Crippen molar-refractivity contribution in [1.29, 1.82) is 0 Å². The van der Waals surface area contributed by atoms with E-state index in [9.17, 15) is 19.5 Å². The van der Waals surface area contributed by atoms with E-state index in [0.29, 0.717) is 17.9 Å². The third-order valence-electron chi connectivity index (χ3n) is 6.07. The van der Waals surface area contributed by atoms with Crippen LogP contribution in [0.2, 0.25) is 4.34 Å². The third kappa shape index (κ3) is 4.30. The molecule has 0 spiro atoms. The topological polar surface area (TPSA) is 156 Å². The smallest absolute Gasteiger partial charge is 0.352 e. The Balaban J connectivity index is 1.38. The number of carboxylic acid groups (broad SMARTS) is 1. The number of nitrogens with one attached hydrogen (secondary N) is 1. The van der Waals surface area contributed by atoms with E-state index < -0.39 is 29.2 Å². The van der Waals surface area contributed by atoms with Crippen LogP contribution in [0.15, 0.2) is 47.0 Å². The standard InChI is InChI=1S/C22H20ClN7O5S2/c1-10-28(8-12-5-3-4-6-29(10)12)7-11-9-36-20-15(19(32)30(20)16(11)21(33)34)25-18(31)14(27-35-2)13-17(23)37-22(24)26-13/h3-6,8,15,20H,7,9H2,1-2H3,(H3-,24,25,26,31,33,34)/p+1/b27-14-/t15-,20-/m1/s1. The van der Waals surface area contributed by atoms with Crippen molar-refractivity contribution >= 4 is 68.8 Å². The van der Waals surface area contributed by atoms with Gasteiger partial charge in [-0.15, -0.1) is 11.8 Å². The van der Waals surface area contributed by atoms with E-state index in [0.717, 1.165) is 22.7 Å². The number of thiazole rings is 1. The molecule has 0 radical (unpaired) electrons. The van der Waals surface area contributed by atoms with Crippen LogP contribution in [-0.2, 0) is 25.8 Å². The van der Waals surface area contributed by atoms with Crippen LogP contribution >= 0.6 is 34.7 Å². The van der Waals surface area contributed by atoms with Crippen LogP contribution in [0.1, 0.15) is 11.5 Å². The summed E-state index contributed by atoms with van der Waals surface area (Å²) in [4.78, 5) is 48.4. The van der Waals surface area contributed by atoms with Crippen molar-refractivity contribution in [2.75, 3.05) is 18.6 Å². The number of hydrogen-bond donors (Lipinski definition) is 3. The van der Waals surface area contributed by atoms with Crippen LogP contribution in [0.3, 0.4) is 0 Å². The molecule has 0 aromatic carbocycles. The molecule has 2 aliphatic rings. The number of carboxylic acids is 1. The van der Waals surface area contributed by atoms with Crippen LogP contribution in [0.4, 0.5) is 5.13 Å². The van der Waals surface area contributed by atoms with Crippen LogP contribution in [-0.4, -0.2) is 67.2 Å². The molecule has 1 saturated heterocycles. The summed E-state index contributed by atoms with van der Waals surface area (Å²) < 4.78 is 4.10. The van der Waals surface area contributed by atoms with Gasteiger partial charge in [0.25, 0.3) is 17.6 Å². The highest BCUT2D eigenvalue weighted by molar-refractivity contribution is 8.00. The number of nitrogen functional groups attached to an aromatic ring is 1. The molecule has 12 nitrogen and oxygen atoms in total. The maximum absolute atomic E-state index is 13.1. The molecule has 5 rings (SSSR count). The quantitative estimate of drug-likeness (QED) is 0.167. The van der Waals surface area contributed by atoms with Gasteiger partial charge in [-0.3, -0.25) is 14.5 Å². The van der Waals surface area contributed by atoms with Gasteiger partial charge < -0.3 is 21.0 Å². The minimum atomic E-state index is -1.20. The summed E-state index contributed by atoms with van der Waals surface area (Å²) >= 11 is 8.46. The van der Waals surface area contributed by atoms with E-state index in [1.165, 1.54) is 23.8 Å². The summed E-state index contributed by atoms with van der Waals surface area (Å²) in [6, 6.07) is 4.84. The van der Waals surface area contributed by atoms with Crippen molar-refractivity contribution in [1.82, 2.24) is 19.6 Å². The molecule has 192 valence electrons. The summed E-state index contributed by atoms with van der Waals surface area (Å²) in [7, 11) is 1.25. The summed E-state index contributed by atoms with van der Waals surface area (Å²) in [5.74, 6) is -1.19. The lowest BCUT2D eigenvalue weighted by Gasteiger charge is -2.49. The van der Waals surface area contributed by atoms with E-state index in [4.69, 9.17) is 22.2 Å². The first-order valence-electron chi connectivity index (χ1n) is 10.9. The number of fused-ring (bicyclic) bond motifs is 2. The minimum absolute atomic E-state index is 0.0317. The number of aromatic nitrogens is 3. The number of thioether (sulfide) groups is 1. The van der Waals surface area contributed by atoms with E-state index in [1.807, 2.05) is 46.5 Å². The number of carbonyl (C=O) groups is 3. The molecule has 3 aromatic heterocycles. The molecule has 0 aliphatic carbocycles. The van der Waals surface area contributed by atoms with E-state index in [-0.39, 0.29) is 26.6 Å². The predicted octanol–water partition coefficient (Wildman–Crippen LogP) is 1.02. The molecule has 37 heavy (non-hydrogen) atoms. The Morgan fingerprint density at radius 2 is 2.22 bits per heavy atom. The van der Waals surface area contributed by atoms with Crippen molar-refractivity contribution in [3.8, 4) is 0 Å². The zero-order chi connectivity index (χ0) is 26.4. The Morgan fingerprint density at radius 3 is 2.86 bits per heavy atom. The monoisotopic (exact) mass is 562 g/mol. The number of hydrogen-bond acceptors (Lipinski definition) is 9. The summed E-state index contributed by atoms with van der Waals surface area (Å²) in [5.41, 5.74) is 6.96. The molecule has 2 amide bonds. The lowest BCUT2D eigenvalue weighted by molar-refractivity contribution is -0.693. The Labute approximate surface area is 223 Å². The van der Waals surface area contributed by atoms with Crippen LogP contribution < -0.4 is 15.6 Å². The van der Waals surface area contributed by atoms with E-state index in [1.54, 1.807) is 0 Å². The van der Waals surface area contributed by atoms with E-state index in [2.05, 4.69) is 15.5 Å². The number of rotatable bonds is 7. The second-order valence-electron chi connectivity index (χ2n) is 8.21. The second kappa shape index (κ2) is 9.68. The molecule has 3 aromatic rings. The number of carbonyl (C=O) groups excluding carboxylic acids is 2. The minimum Gasteiger partial charge on any atom is -0.477 e. The lowest BCUT2D eigenvalue weighted by atomic mass is 10.0. The number of β-lactam (4-membered cyclic amide) rings is 1. The molecule has 0 saturated carbocycles. The number of pyridine rings is 1. The van der Waals surface area contributed by atoms with Gasteiger partial charge >= 0.3 is 5.97 Å². The Hall–Kier alpha value is -3.62. The number of oxime groups is 1. The number of aryl methyl sites for hydroxylation is 1. The van der Waals surface area contributed by atoms with Gasteiger partial charge in [-0.25, -0.2) is 18.7 Å². The largest absolute Gasteiger partial charge is 0.477 e. The van der Waals surface area contributed by atoms with Gasteiger partial charge in [0, 0.05) is 18.2 Å². The highest BCUT2D eigenvalue weighted by atomic mass is 35.5. The third-order valence-corrected chi connectivity index (χ3v) is 8.49. The van der Waals surface area contributed by atoms with Crippen molar-refractivity contribution in [3.63, 3.8) is 0 Å². The zero-order valence-corrected chi connectivity index (χ0v) is 21.9. The summed E-state index contributed by atoms with van der Waals surface area (Å²) in [6.45, 7) is 2.25. The average molecular weight is 563 g/mol. The molecule has 0 bridgehead atoms. The highest BCUT2D eigenvalue weighted by Gasteiger charge is 2.54. The molecular weight excluding hydrogens is 542 g/mol. The number of aliphatic carboxylic acids is 1. The van der Waals surface area contributed by atoms with Gasteiger partial charge in [0.15, 0.2) is 16.4 Å². The van der Waals surface area contributed by atoms with Crippen LogP contribution in [0, 0.1) is 6.92 Å². The lowest BCUT2D eigenvalue weighted by Crippen LogP contribution is -2.71. The molecular formula is C22H21ClN7O5S2+. The van der Waals surface area contributed by atoms with Gasteiger partial charge in [0.2, 0.25) is 0 Å². The number of nitrogens with two attached hydrogens (primary N) is 1. The zero-order valence-electron chi connectivity index (χ0n) is 19.5. The number of anilines is 1. The van der Waals surface area contributed by atoms with Gasteiger partial charge in [0.1, 0.15) is 47.0 Å². The number of halogens is 1. The van der Waals surface area contributed by atoms with E-state index >= 15 is 0 Å². The van der Waals surface area contributed by atoms with Crippen molar-refractivity contribution in [2.24, 2.45) is 5.16 Å². The molecule has 5 heterocycles. The van der Waals surface area contributed by atoms with Crippen LogP contribution in [0.5, 0.6) is 0 Å². The predicted molar refractivity (Wildman–Crippen MR) is 137 cm³/mol. The fourth-order valence-corrected chi connectivity index (χ4v) is 6.64. The molecule has 1 fully saturated rings. The molecule has 2 atom stereocenters. The van der Waals surface area contributed by atoms with Crippen molar-refractivity contribution in [3.05, 3.63) is 57.7 Å². The first-order valence-corrected chi connectivity index (χ1v) is 13.2. The SMILES string of the molecule is CO/N=C(\C(=O)N[C@@H]1C(=O)N2C(C(=O)O)=C(C[n+]3cc4ccccn4c3C)CS[C@H]12)c1nc(N)sc1Cl. The number of amides is 2. The molecule has 2 aliphatic heterocycles. The molecule has 4 N–H and O–H groups in total. The number of nitrogens with zero attached hydrogens (tertiary/aromatic N) is 5. The summed E-state index contributed by atoms with van der Waals surface area (Å²) in [6.07, 6.45) is 3.87. The average Bonchev–Trinajstić information content (AvgIpc) is 3.37. The summed E-state index contributed by atoms with van der Waals surface area (Å²) in [5, 5.41) is 15.9. The van der Waals surface area contributed by atoms with Crippen molar-refractivity contribution < 1.29 is 28.9 Å². The second-order valence-corrected chi connectivity index (χ2v) is 11.0. The fraction of sp³-hybridized carbons (Fsp3) is 0.273. The number of imidazole rings is 1. The maximum atomic E-state index is 13.1. The van der Waals surface area contributed by atoms with Crippen LogP contribution in [0.25, 0.3) is 5.52 Å².